The first-order chi connectivity index (χ1) is 16.3. The minimum absolute atomic E-state index is 0.0486. The van der Waals surface area contributed by atoms with Crippen LogP contribution >= 0.6 is 0 Å². The number of nitrogens with zero attached hydrogens (tertiary/aromatic N) is 1. The van der Waals surface area contributed by atoms with E-state index in [2.05, 4.69) is 10.6 Å². The minimum Gasteiger partial charge on any atom is -0.508 e. The van der Waals surface area contributed by atoms with Gasteiger partial charge in [0.05, 0.1) is 6.61 Å². The van der Waals surface area contributed by atoms with E-state index in [0.29, 0.717) is 12.0 Å². The van der Waals surface area contributed by atoms with Gasteiger partial charge in [-0.2, -0.15) is 0 Å². The molecular weight excluding hydrogens is 450 g/mol. The quantitative estimate of drug-likeness (QED) is 0.353. The summed E-state index contributed by atoms with van der Waals surface area (Å²) in [5.41, 5.74) is -0.353. The molecule has 1 rings (SSSR count). The van der Waals surface area contributed by atoms with Gasteiger partial charge >= 0.3 is 6.09 Å². The van der Waals surface area contributed by atoms with Crippen LogP contribution in [-0.4, -0.2) is 63.9 Å². The summed E-state index contributed by atoms with van der Waals surface area (Å²) in [6.07, 6.45) is 1.19. The molecule has 0 aliphatic rings. The molecule has 0 saturated heterocycles. The molecule has 3 amide bonds. The van der Waals surface area contributed by atoms with Crippen LogP contribution in [0, 0.1) is 5.92 Å². The first kappa shape index (κ1) is 30.2. The molecule has 0 saturated carbocycles. The monoisotopic (exact) mass is 493 g/mol. The molecule has 0 spiro atoms. The Bertz CT molecular complexity index is 837. The highest BCUT2D eigenvalue weighted by molar-refractivity contribution is 5.92. The van der Waals surface area contributed by atoms with Crippen molar-refractivity contribution in [2.45, 2.75) is 91.5 Å². The molecule has 1 aromatic rings. The van der Waals surface area contributed by atoms with Gasteiger partial charge in [0, 0.05) is 12.6 Å². The number of phenolic OH excluding ortho intramolecular Hbond substituents is 1. The van der Waals surface area contributed by atoms with Gasteiger partial charge in [-0.05, 0) is 64.2 Å². The average Bonchev–Trinajstić information content (AvgIpc) is 2.71. The Labute approximate surface area is 209 Å². The van der Waals surface area contributed by atoms with Crippen molar-refractivity contribution in [2.24, 2.45) is 5.92 Å². The maximum Gasteiger partial charge on any atom is 0.408 e. The minimum atomic E-state index is -1.11. The summed E-state index contributed by atoms with van der Waals surface area (Å²) in [5.74, 6) is -0.958. The van der Waals surface area contributed by atoms with E-state index >= 15 is 0 Å². The largest absolute Gasteiger partial charge is 0.508 e. The van der Waals surface area contributed by atoms with Crippen molar-refractivity contribution < 1.29 is 29.3 Å². The molecule has 1 aromatic carbocycles. The zero-order chi connectivity index (χ0) is 26.8. The fraction of sp³-hybridized carbons (Fsp3) is 0.654. The van der Waals surface area contributed by atoms with Crippen LogP contribution in [0.3, 0.4) is 0 Å². The number of amides is 3. The normalized spacial score (nSPS) is 14.1. The molecule has 0 radical (unpaired) electrons. The number of ether oxygens (including phenoxy) is 1. The predicted octanol–water partition coefficient (Wildman–Crippen LogP) is 3.50. The lowest BCUT2D eigenvalue weighted by molar-refractivity contribution is -0.143. The molecule has 35 heavy (non-hydrogen) atoms. The van der Waals surface area contributed by atoms with Gasteiger partial charge in [-0.25, -0.2) is 4.79 Å². The highest BCUT2D eigenvalue weighted by atomic mass is 16.6. The molecule has 198 valence electrons. The van der Waals surface area contributed by atoms with Crippen LogP contribution in [0.15, 0.2) is 24.3 Å². The third-order valence-electron chi connectivity index (χ3n) is 5.18. The van der Waals surface area contributed by atoms with Gasteiger partial charge in [0.1, 0.15) is 23.4 Å². The van der Waals surface area contributed by atoms with Crippen LogP contribution in [0.1, 0.15) is 79.3 Å². The first-order valence-electron chi connectivity index (χ1n) is 12.3. The second-order valence-electron chi connectivity index (χ2n) is 10.3. The lowest BCUT2D eigenvalue weighted by Crippen LogP contribution is -2.54. The number of hydrogen-bond donors (Lipinski definition) is 4. The molecule has 0 aliphatic carbocycles. The number of aliphatic hydroxyl groups excluding tert-OH is 1. The Hall–Kier alpha value is -2.81. The fourth-order valence-corrected chi connectivity index (χ4v) is 3.81. The summed E-state index contributed by atoms with van der Waals surface area (Å²) in [4.78, 5) is 41.0. The molecule has 4 N–H and O–H groups in total. The lowest BCUT2D eigenvalue weighted by atomic mass is 9.98. The SMILES string of the molecule is CCCC(C)NC(=O)C(c1cccc(O)c1)N(CCO)C(=O)C(CC(C)C)NC(=O)OC(C)(C)C. The highest BCUT2D eigenvalue weighted by Gasteiger charge is 2.36. The molecule has 9 nitrogen and oxygen atoms in total. The van der Waals surface area contributed by atoms with Gasteiger partial charge < -0.3 is 30.5 Å². The number of phenols is 1. The second-order valence-corrected chi connectivity index (χ2v) is 10.3. The molecule has 3 unspecified atom stereocenters. The third-order valence-corrected chi connectivity index (χ3v) is 5.18. The number of alkyl carbamates (subject to hydrolysis) is 1. The lowest BCUT2D eigenvalue weighted by Gasteiger charge is -2.35. The van der Waals surface area contributed by atoms with E-state index in [4.69, 9.17) is 4.74 Å². The Morgan fingerprint density at radius 2 is 1.77 bits per heavy atom. The summed E-state index contributed by atoms with van der Waals surface area (Å²) in [7, 11) is 0. The van der Waals surface area contributed by atoms with Gasteiger partial charge in [0.15, 0.2) is 0 Å². The van der Waals surface area contributed by atoms with E-state index < -0.39 is 35.6 Å². The number of carbonyl (C=O) groups is 3. The summed E-state index contributed by atoms with van der Waals surface area (Å²) in [6, 6.07) is 3.91. The molecule has 0 bridgehead atoms. The third kappa shape index (κ3) is 10.5. The van der Waals surface area contributed by atoms with E-state index in [1.807, 2.05) is 27.7 Å². The first-order valence-corrected chi connectivity index (χ1v) is 12.3. The molecule has 9 heteroatoms. The zero-order valence-corrected chi connectivity index (χ0v) is 22.1. The van der Waals surface area contributed by atoms with Gasteiger partial charge in [-0.15, -0.1) is 0 Å². The van der Waals surface area contributed by atoms with Crippen molar-refractivity contribution in [3.8, 4) is 5.75 Å². The maximum atomic E-state index is 13.8. The van der Waals surface area contributed by atoms with Crippen LogP contribution < -0.4 is 10.6 Å². The molecule has 0 fully saturated rings. The molecule has 0 aliphatic heterocycles. The number of aliphatic hydroxyl groups is 1. The van der Waals surface area contributed by atoms with Crippen molar-refractivity contribution >= 4 is 17.9 Å². The van der Waals surface area contributed by atoms with Gasteiger partial charge in [-0.3, -0.25) is 9.59 Å². The van der Waals surface area contributed by atoms with E-state index in [-0.39, 0.29) is 30.9 Å². The molecule has 0 aromatic heterocycles. The Balaban J connectivity index is 3.42. The number of rotatable bonds is 12. The maximum absolute atomic E-state index is 13.8. The van der Waals surface area contributed by atoms with E-state index in [1.54, 1.807) is 32.9 Å². The van der Waals surface area contributed by atoms with Crippen molar-refractivity contribution in [1.29, 1.82) is 0 Å². The summed E-state index contributed by atoms with van der Waals surface area (Å²) >= 11 is 0. The van der Waals surface area contributed by atoms with Crippen molar-refractivity contribution in [3.05, 3.63) is 29.8 Å². The van der Waals surface area contributed by atoms with Crippen molar-refractivity contribution in [3.63, 3.8) is 0 Å². The fourth-order valence-electron chi connectivity index (χ4n) is 3.81. The van der Waals surface area contributed by atoms with Crippen LogP contribution in [0.5, 0.6) is 5.75 Å². The molecular formula is C26H43N3O6. The number of aromatic hydroxyl groups is 1. The molecule has 0 heterocycles. The summed E-state index contributed by atoms with van der Waals surface area (Å²) in [5, 5.41) is 25.4. The van der Waals surface area contributed by atoms with Gasteiger partial charge in [0.25, 0.3) is 0 Å². The predicted molar refractivity (Wildman–Crippen MR) is 135 cm³/mol. The highest BCUT2D eigenvalue weighted by Crippen LogP contribution is 2.26. The van der Waals surface area contributed by atoms with E-state index in [9.17, 15) is 24.6 Å². The van der Waals surface area contributed by atoms with Crippen LogP contribution in [-0.2, 0) is 14.3 Å². The second kappa shape index (κ2) is 13.9. The van der Waals surface area contributed by atoms with Crippen molar-refractivity contribution in [2.75, 3.05) is 13.2 Å². The number of hydrogen-bond acceptors (Lipinski definition) is 6. The van der Waals surface area contributed by atoms with Crippen LogP contribution in [0.25, 0.3) is 0 Å². The zero-order valence-electron chi connectivity index (χ0n) is 22.1. The Morgan fingerprint density at radius 1 is 1.11 bits per heavy atom. The average molecular weight is 494 g/mol. The summed E-state index contributed by atoms with van der Waals surface area (Å²) in [6.45, 7) is 12.4. The smallest absolute Gasteiger partial charge is 0.408 e. The molecule has 3 atom stereocenters. The van der Waals surface area contributed by atoms with Crippen LogP contribution in [0.2, 0.25) is 0 Å². The van der Waals surface area contributed by atoms with Gasteiger partial charge in [-0.1, -0.05) is 39.3 Å². The summed E-state index contributed by atoms with van der Waals surface area (Å²) < 4.78 is 5.34. The number of carbonyl (C=O) groups excluding carboxylic acids is 3. The topological polar surface area (TPSA) is 128 Å². The Morgan fingerprint density at radius 3 is 2.29 bits per heavy atom. The number of nitrogens with one attached hydrogen (secondary N) is 2. The van der Waals surface area contributed by atoms with E-state index in [1.165, 1.54) is 17.0 Å². The Kier molecular flexibility index (Phi) is 12.0. The van der Waals surface area contributed by atoms with Crippen molar-refractivity contribution in [1.82, 2.24) is 15.5 Å². The van der Waals surface area contributed by atoms with Crippen LogP contribution in [0.4, 0.5) is 4.79 Å². The van der Waals surface area contributed by atoms with Gasteiger partial charge in [0.2, 0.25) is 11.8 Å². The number of benzene rings is 1. The van der Waals surface area contributed by atoms with E-state index in [0.717, 1.165) is 12.8 Å². The standard InChI is InChI=1S/C26H43N3O6/c1-8-10-18(4)27-23(32)22(19-11-9-12-20(31)16-19)29(13-14-30)24(33)21(15-17(2)3)28-25(34)35-26(5,6)7/h9,11-12,16-18,21-22,30-31H,8,10,13-15H2,1-7H3,(H,27,32)(H,28,34).